The fraction of sp³-hybridized carbons (Fsp3) is 0.0227. The van der Waals surface area contributed by atoms with Crippen molar-refractivity contribution in [3.63, 3.8) is 0 Å². The van der Waals surface area contributed by atoms with E-state index in [1.54, 1.807) is 0 Å². The van der Waals surface area contributed by atoms with Crippen molar-refractivity contribution in [3.05, 3.63) is 184 Å². The lowest BCUT2D eigenvalue weighted by Gasteiger charge is -2.30. The predicted octanol–water partition coefficient (Wildman–Crippen LogP) is 10.4. The molecule has 9 aromatic rings. The van der Waals surface area contributed by atoms with Crippen molar-refractivity contribution < 1.29 is 4.42 Å². The van der Waals surface area contributed by atoms with E-state index in [0.29, 0.717) is 11.0 Å². The van der Waals surface area contributed by atoms with Gasteiger partial charge in [0.15, 0.2) is 0 Å². The summed E-state index contributed by atoms with van der Waals surface area (Å²) in [5, 5.41) is 4.61. The van der Waals surface area contributed by atoms with Crippen molar-refractivity contribution in [3.8, 4) is 27.9 Å². The van der Waals surface area contributed by atoms with Crippen LogP contribution in [0.3, 0.4) is 0 Å². The van der Waals surface area contributed by atoms with Gasteiger partial charge in [-0.2, -0.15) is 0 Å². The molecular weight excluding hydrogens is 574 g/mol. The molecule has 0 bridgehead atoms. The van der Waals surface area contributed by atoms with Crippen LogP contribution in [0.25, 0.3) is 71.5 Å². The molecule has 0 unspecified atom stereocenters. The summed E-state index contributed by atoms with van der Waals surface area (Å²) in [6.07, 6.45) is 0. The zero-order valence-corrected chi connectivity index (χ0v) is 25.2. The molecule has 3 heteroatoms. The topological polar surface area (TPSA) is 35.1 Å². The first kappa shape index (κ1) is 25.1. The lowest BCUT2D eigenvalue weighted by Crippen LogP contribution is -2.26. The average Bonchev–Trinajstić information content (AvgIpc) is 3.72. The molecule has 2 aliphatic carbocycles. The van der Waals surface area contributed by atoms with Crippen LogP contribution in [0, 0.1) is 0 Å². The summed E-state index contributed by atoms with van der Waals surface area (Å²) in [4.78, 5) is 12.9. The lowest BCUT2D eigenvalue weighted by atomic mass is 9.70. The third kappa shape index (κ3) is 3.00. The first-order valence-corrected chi connectivity index (χ1v) is 16.1. The molecule has 0 fully saturated rings. The van der Waals surface area contributed by atoms with Crippen LogP contribution in [0.15, 0.2) is 161 Å². The van der Waals surface area contributed by atoms with E-state index in [1.807, 2.05) is 30.3 Å². The molecule has 0 saturated heterocycles. The maximum absolute atomic E-state index is 12.9. The second kappa shape index (κ2) is 8.74. The SMILES string of the molecule is O=c1oc2cc3c4ccccc4n(-c4ccc5c(c4)C4(c6ccccc6-c6ccccc64)c4ccccc4-5)c3cc2c2ccccc12. The van der Waals surface area contributed by atoms with Gasteiger partial charge < -0.3 is 8.98 Å². The minimum atomic E-state index is -0.416. The highest BCUT2D eigenvalue weighted by Crippen LogP contribution is 2.62. The van der Waals surface area contributed by atoms with Crippen molar-refractivity contribution in [1.82, 2.24) is 4.57 Å². The molecule has 218 valence electrons. The van der Waals surface area contributed by atoms with Gasteiger partial charge in [0, 0.05) is 21.8 Å². The molecule has 3 nitrogen and oxygen atoms in total. The zero-order valence-electron chi connectivity index (χ0n) is 25.2. The number of fused-ring (bicyclic) bond motifs is 16. The third-order valence-electron chi connectivity index (χ3n) is 10.7. The highest BCUT2D eigenvalue weighted by molar-refractivity contribution is 6.16. The van der Waals surface area contributed by atoms with Gasteiger partial charge in [0.2, 0.25) is 0 Å². The first-order valence-electron chi connectivity index (χ1n) is 16.1. The Kier molecular flexibility index (Phi) is 4.66. The molecule has 47 heavy (non-hydrogen) atoms. The number of aromatic nitrogens is 1. The molecule has 11 rings (SSSR count). The van der Waals surface area contributed by atoms with Gasteiger partial charge in [0.1, 0.15) is 5.58 Å². The molecule has 0 saturated carbocycles. The van der Waals surface area contributed by atoms with E-state index >= 15 is 0 Å². The maximum atomic E-state index is 12.9. The van der Waals surface area contributed by atoms with Crippen LogP contribution < -0.4 is 5.63 Å². The largest absolute Gasteiger partial charge is 0.422 e. The van der Waals surface area contributed by atoms with Crippen molar-refractivity contribution in [2.24, 2.45) is 0 Å². The minimum Gasteiger partial charge on any atom is -0.422 e. The van der Waals surface area contributed by atoms with Crippen LogP contribution >= 0.6 is 0 Å². The van der Waals surface area contributed by atoms with Crippen LogP contribution in [-0.2, 0) is 5.41 Å². The Hall–Kier alpha value is -6.19. The van der Waals surface area contributed by atoms with Gasteiger partial charge in [-0.05, 0) is 86.3 Å². The van der Waals surface area contributed by atoms with E-state index in [-0.39, 0.29) is 5.63 Å². The smallest absolute Gasteiger partial charge is 0.344 e. The van der Waals surface area contributed by atoms with E-state index in [2.05, 4.69) is 126 Å². The molecular formula is C44H25NO2. The number of nitrogens with zero attached hydrogens (tertiary/aromatic N) is 1. The fourth-order valence-corrected chi connectivity index (χ4v) is 8.84. The van der Waals surface area contributed by atoms with Crippen molar-refractivity contribution >= 4 is 43.5 Å². The molecule has 2 heterocycles. The predicted molar refractivity (Wildman–Crippen MR) is 191 cm³/mol. The standard InChI is InChI=1S/C44H25NO2/c46-43-33-16-2-1-11-27(33)35-24-41-34(25-42(35)47-43)32-15-6-10-20-40(32)45(41)26-21-22-31-30-14-5-9-19-38(30)44(39(31)23-26)36-17-7-3-12-28(36)29-13-4-8-18-37(29)44/h1-25H. The summed E-state index contributed by atoms with van der Waals surface area (Å²) in [6.45, 7) is 0. The number of hydrogen-bond donors (Lipinski definition) is 0. The van der Waals surface area contributed by atoms with Crippen LogP contribution in [-0.4, -0.2) is 4.57 Å². The van der Waals surface area contributed by atoms with Gasteiger partial charge in [-0.3, -0.25) is 0 Å². The molecule has 2 aliphatic rings. The molecule has 0 atom stereocenters. The molecule has 0 N–H and O–H groups in total. The maximum Gasteiger partial charge on any atom is 0.344 e. The Morgan fingerprint density at radius 3 is 1.66 bits per heavy atom. The Morgan fingerprint density at radius 1 is 0.426 bits per heavy atom. The summed E-state index contributed by atoms with van der Waals surface area (Å²) < 4.78 is 8.29. The number of para-hydroxylation sites is 1. The zero-order chi connectivity index (χ0) is 30.9. The van der Waals surface area contributed by atoms with E-state index in [1.165, 1.54) is 44.5 Å². The normalized spacial score (nSPS) is 13.8. The van der Waals surface area contributed by atoms with Crippen LogP contribution in [0.2, 0.25) is 0 Å². The van der Waals surface area contributed by atoms with E-state index in [0.717, 1.165) is 38.3 Å². The number of rotatable bonds is 1. The summed E-state index contributed by atoms with van der Waals surface area (Å²) in [5.74, 6) is 0. The van der Waals surface area contributed by atoms with Gasteiger partial charge >= 0.3 is 5.63 Å². The van der Waals surface area contributed by atoms with E-state index in [4.69, 9.17) is 4.42 Å². The van der Waals surface area contributed by atoms with Crippen molar-refractivity contribution in [1.29, 1.82) is 0 Å². The fourth-order valence-electron chi connectivity index (χ4n) is 8.84. The Balaban J connectivity index is 1.27. The quantitative estimate of drug-likeness (QED) is 0.139. The molecule has 0 aliphatic heterocycles. The molecule has 7 aromatic carbocycles. The van der Waals surface area contributed by atoms with Gasteiger partial charge in [-0.25, -0.2) is 4.79 Å². The lowest BCUT2D eigenvalue weighted by molar-refractivity contribution is 0.570. The van der Waals surface area contributed by atoms with Gasteiger partial charge in [-0.1, -0.05) is 115 Å². The van der Waals surface area contributed by atoms with Crippen LogP contribution in [0.4, 0.5) is 0 Å². The monoisotopic (exact) mass is 599 g/mol. The molecule has 1 spiro atoms. The van der Waals surface area contributed by atoms with Crippen molar-refractivity contribution in [2.45, 2.75) is 5.41 Å². The van der Waals surface area contributed by atoms with Gasteiger partial charge in [0.25, 0.3) is 0 Å². The summed E-state index contributed by atoms with van der Waals surface area (Å²) >= 11 is 0. The van der Waals surface area contributed by atoms with Gasteiger partial charge in [0.05, 0.1) is 21.8 Å². The number of hydrogen-bond acceptors (Lipinski definition) is 2. The van der Waals surface area contributed by atoms with Gasteiger partial charge in [-0.15, -0.1) is 0 Å². The minimum absolute atomic E-state index is 0.309. The second-order valence-corrected chi connectivity index (χ2v) is 12.8. The molecule has 0 amide bonds. The summed E-state index contributed by atoms with van der Waals surface area (Å²) in [5.41, 5.74) is 13.6. The first-order chi connectivity index (χ1) is 23.2. The van der Waals surface area contributed by atoms with Crippen molar-refractivity contribution in [2.75, 3.05) is 0 Å². The Morgan fingerprint density at radius 2 is 0.979 bits per heavy atom. The average molecular weight is 600 g/mol. The highest BCUT2D eigenvalue weighted by atomic mass is 16.4. The number of benzene rings is 7. The molecule has 0 radical (unpaired) electrons. The van der Waals surface area contributed by atoms with Crippen LogP contribution in [0.5, 0.6) is 0 Å². The highest BCUT2D eigenvalue weighted by Gasteiger charge is 2.51. The Bertz CT molecular complexity index is 2820. The van der Waals surface area contributed by atoms with E-state index in [9.17, 15) is 4.79 Å². The summed E-state index contributed by atoms with van der Waals surface area (Å²) in [6, 6.07) is 54.3. The molecule has 2 aromatic heterocycles. The van der Waals surface area contributed by atoms with Crippen LogP contribution in [0.1, 0.15) is 22.3 Å². The second-order valence-electron chi connectivity index (χ2n) is 12.8. The van der Waals surface area contributed by atoms with E-state index < -0.39 is 5.41 Å². The third-order valence-corrected chi connectivity index (χ3v) is 10.7. The Labute approximate surface area is 269 Å². The summed E-state index contributed by atoms with van der Waals surface area (Å²) in [7, 11) is 0.